The summed E-state index contributed by atoms with van der Waals surface area (Å²) in [5.74, 6) is 1.37. The van der Waals surface area contributed by atoms with E-state index in [1.807, 2.05) is 40.3 Å². The molecule has 1 spiro atoms. The molecule has 2 unspecified atom stereocenters. The maximum Gasteiger partial charge on any atom is 0.315 e. The monoisotopic (exact) mass is 651 g/mol. The molecule has 0 radical (unpaired) electrons. The van der Waals surface area contributed by atoms with E-state index in [1.165, 1.54) is 22.1 Å². The highest BCUT2D eigenvalue weighted by Gasteiger charge is 2.43. The number of ether oxygens (including phenoxy) is 1. The zero-order valence-corrected chi connectivity index (χ0v) is 28.5. The van der Waals surface area contributed by atoms with E-state index in [-0.39, 0.29) is 23.2 Å². The van der Waals surface area contributed by atoms with E-state index >= 15 is 0 Å². The van der Waals surface area contributed by atoms with Gasteiger partial charge in [-0.3, -0.25) is 4.79 Å². The molecule has 1 fully saturated rings. The highest BCUT2D eigenvalue weighted by Crippen LogP contribution is 2.42. The molecule has 9 nitrogen and oxygen atoms in total. The summed E-state index contributed by atoms with van der Waals surface area (Å²) < 4.78 is 5.17. The number of carbonyl (C=O) groups is 2. The normalized spacial score (nSPS) is 20.2. The zero-order valence-electron chi connectivity index (χ0n) is 28.5. The number of likely N-dealkylation sites (tertiary alicyclic amines) is 1. The average molecular weight is 652 g/mol. The van der Waals surface area contributed by atoms with Gasteiger partial charge in [-0.05, 0) is 118 Å². The number of aromatic nitrogens is 1. The predicted octanol–water partition coefficient (Wildman–Crippen LogP) is 6.06. The molecule has 2 aliphatic heterocycles. The van der Waals surface area contributed by atoms with Crippen molar-refractivity contribution < 1.29 is 19.4 Å². The van der Waals surface area contributed by atoms with Crippen molar-refractivity contribution in [2.24, 2.45) is 11.7 Å². The number of amides is 3. The molecule has 2 atom stereocenters. The number of primary amides is 1. The lowest BCUT2D eigenvalue weighted by molar-refractivity contribution is -0.118. The van der Waals surface area contributed by atoms with Crippen LogP contribution in [0.2, 0.25) is 0 Å². The third-order valence-corrected chi connectivity index (χ3v) is 10.4. The summed E-state index contributed by atoms with van der Waals surface area (Å²) in [7, 11) is 5.76. The summed E-state index contributed by atoms with van der Waals surface area (Å²) in [5.41, 5.74) is 12.5. The summed E-state index contributed by atoms with van der Waals surface area (Å²) in [6.45, 7) is 2.55. The molecule has 4 aromatic rings. The van der Waals surface area contributed by atoms with E-state index in [4.69, 9.17) is 10.5 Å². The van der Waals surface area contributed by atoms with Crippen LogP contribution in [-0.4, -0.2) is 78.2 Å². The van der Waals surface area contributed by atoms with Crippen LogP contribution >= 0.6 is 0 Å². The molecule has 3 heterocycles. The number of para-hydroxylation sites is 2. The number of rotatable bonds is 6. The second-order valence-electron chi connectivity index (χ2n) is 14.0. The smallest absolute Gasteiger partial charge is 0.315 e. The van der Waals surface area contributed by atoms with Gasteiger partial charge < -0.3 is 35.3 Å². The summed E-state index contributed by atoms with van der Waals surface area (Å²) >= 11 is 0. The number of phenolic OH excluding ortho intramolecular Hbond substituents is 1. The van der Waals surface area contributed by atoms with Crippen LogP contribution < -0.4 is 15.4 Å². The molecule has 1 aromatic heterocycles. The average Bonchev–Trinajstić information content (AvgIpc) is 3.49. The minimum Gasteiger partial charge on any atom is -0.504 e. The van der Waals surface area contributed by atoms with Gasteiger partial charge in [-0.25, -0.2) is 4.79 Å². The molecule has 0 saturated carbocycles. The number of hydrogen-bond donors (Lipinski definition) is 3. The summed E-state index contributed by atoms with van der Waals surface area (Å²) in [4.78, 5) is 34.3. The molecule has 3 amide bonds. The predicted molar refractivity (Wildman–Crippen MR) is 191 cm³/mol. The number of methoxy groups -OCH3 is 1. The number of aromatic hydroxyl groups is 1. The summed E-state index contributed by atoms with van der Waals surface area (Å²) in [6.07, 6.45) is 10.1. The van der Waals surface area contributed by atoms with Crippen molar-refractivity contribution in [3.05, 3.63) is 89.1 Å². The van der Waals surface area contributed by atoms with Crippen molar-refractivity contribution in [2.45, 2.75) is 63.3 Å². The molecule has 0 bridgehead atoms. The van der Waals surface area contributed by atoms with E-state index in [1.54, 1.807) is 13.2 Å². The zero-order chi connectivity index (χ0) is 33.8. The fraction of sp³-hybridized carbons (Fsp3) is 0.436. The minimum absolute atomic E-state index is 0.162. The Kier molecular flexibility index (Phi) is 9.96. The first-order valence-corrected chi connectivity index (χ1v) is 17.2. The first-order valence-electron chi connectivity index (χ1n) is 17.2. The maximum absolute atomic E-state index is 13.1. The molecule has 254 valence electrons. The van der Waals surface area contributed by atoms with E-state index in [2.05, 4.69) is 54.3 Å². The number of nitrogens with two attached hydrogens (primary N) is 1. The van der Waals surface area contributed by atoms with Crippen LogP contribution in [0, 0.1) is 5.92 Å². The molecule has 48 heavy (non-hydrogen) atoms. The molecule has 3 aliphatic rings. The molecule has 4 N–H and O–H groups in total. The van der Waals surface area contributed by atoms with Crippen LogP contribution in [-0.2, 0) is 30.5 Å². The van der Waals surface area contributed by atoms with Gasteiger partial charge in [0.25, 0.3) is 0 Å². The van der Waals surface area contributed by atoms with Gasteiger partial charge in [-0.2, -0.15) is 0 Å². The fourth-order valence-electron chi connectivity index (χ4n) is 8.18. The topological polar surface area (TPSA) is 115 Å². The lowest BCUT2D eigenvalue weighted by Crippen LogP contribution is -2.58. The second-order valence-corrected chi connectivity index (χ2v) is 14.0. The number of anilines is 1. The number of piperidine rings is 1. The van der Waals surface area contributed by atoms with Gasteiger partial charge in [0.05, 0.1) is 7.11 Å². The van der Waals surface area contributed by atoms with Crippen molar-refractivity contribution in [1.82, 2.24) is 14.8 Å². The lowest BCUT2D eigenvalue weighted by Gasteiger charge is -2.49. The number of H-pyrrole nitrogens is 1. The van der Waals surface area contributed by atoms with Crippen LogP contribution in [0.4, 0.5) is 10.5 Å². The van der Waals surface area contributed by atoms with E-state index in [9.17, 15) is 14.7 Å². The Labute approximate surface area is 283 Å². The Bertz CT molecular complexity index is 1770. The number of hydrogen-bond acceptors (Lipinski definition) is 5. The largest absolute Gasteiger partial charge is 0.504 e. The Morgan fingerprint density at radius 2 is 1.83 bits per heavy atom. The number of fused-ring (bicyclic) bond motifs is 3. The Morgan fingerprint density at radius 1 is 1.04 bits per heavy atom. The van der Waals surface area contributed by atoms with Crippen molar-refractivity contribution in [3.8, 4) is 11.5 Å². The number of carbonyl (C=O) groups excluding carboxylic acids is 2. The van der Waals surface area contributed by atoms with Crippen molar-refractivity contribution in [3.63, 3.8) is 0 Å². The molecule has 1 saturated heterocycles. The number of aryl methyl sites for hydroxylation is 2. The Hall–Kier alpha value is -4.50. The van der Waals surface area contributed by atoms with E-state index < -0.39 is 0 Å². The quantitative estimate of drug-likeness (QED) is 0.235. The number of nitrogens with zero attached hydrogens (tertiary/aromatic N) is 3. The van der Waals surface area contributed by atoms with Gasteiger partial charge >= 0.3 is 6.03 Å². The molecular weight excluding hydrogens is 602 g/mol. The first kappa shape index (κ1) is 33.4. The number of urea groups is 1. The van der Waals surface area contributed by atoms with E-state index in [0.29, 0.717) is 18.1 Å². The summed E-state index contributed by atoms with van der Waals surface area (Å²) in [5, 5.41) is 11.2. The van der Waals surface area contributed by atoms with Gasteiger partial charge in [0, 0.05) is 54.4 Å². The first-order chi connectivity index (χ1) is 23.2. The molecular formula is C39H49N5O4. The van der Waals surface area contributed by atoms with Crippen LogP contribution in [0.15, 0.2) is 66.9 Å². The van der Waals surface area contributed by atoms with Gasteiger partial charge in [0.2, 0.25) is 5.91 Å². The number of benzene rings is 3. The Balaban J connectivity index is 0.000000173. The highest BCUT2D eigenvalue weighted by atomic mass is 16.5. The van der Waals surface area contributed by atoms with Crippen LogP contribution in [0.5, 0.6) is 11.5 Å². The molecule has 3 aromatic carbocycles. The third kappa shape index (κ3) is 7.02. The fourth-order valence-corrected chi connectivity index (χ4v) is 8.18. The van der Waals surface area contributed by atoms with Crippen molar-refractivity contribution in [1.29, 1.82) is 0 Å². The minimum atomic E-state index is -0.323. The van der Waals surface area contributed by atoms with E-state index in [0.717, 1.165) is 87.8 Å². The lowest BCUT2D eigenvalue weighted by atomic mass is 9.72. The highest BCUT2D eigenvalue weighted by molar-refractivity contribution is 5.95. The molecule has 9 heteroatoms. The number of phenols is 1. The van der Waals surface area contributed by atoms with Crippen molar-refractivity contribution in [2.75, 3.05) is 45.7 Å². The van der Waals surface area contributed by atoms with Gasteiger partial charge in [-0.1, -0.05) is 36.4 Å². The molecule has 7 rings (SSSR count). The third-order valence-electron chi connectivity index (χ3n) is 10.4. The number of aromatic amines is 1. The SMILES string of the molecule is CN(C)CC1Cc2ccccc2N(C(=O)CCc2c[nH]c3ccccc23)C1.COc1cc2c(cc1O)CC1(CCCCN1C(N)=O)CC2. The van der Waals surface area contributed by atoms with Gasteiger partial charge in [0.15, 0.2) is 11.5 Å². The van der Waals surface area contributed by atoms with Crippen LogP contribution in [0.1, 0.15) is 54.4 Å². The van der Waals surface area contributed by atoms with Crippen LogP contribution in [0.3, 0.4) is 0 Å². The summed E-state index contributed by atoms with van der Waals surface area (Å²) in [6, 6.07) is 20.0. The Morgan fingerprint density at radius 3 is 2.62 bits per heavy atom. The standard InChI is InChI=1S/C23H27N3O.C16H22N2O3/c1-25(2)15-17-13-18-7-3-6-10-22(18)26(16-17)23(27)12-11-19-14-24-21-9-5-4-8-20(19)21;1-21-14-9-11-4-6-16(10-12(11)8-13(14)19)5-2-3-7-18(16)15(17)20/h3-10,14,17,24H,11-13,15-16H2,1-2H3;8-9,19H,2-7,10H2,1H3,(H2,17,20). The van der Waals surface area contributed by atoms with Gasteiger partial charge in [0.1, 0.15) is 0 Å². The number of nitrogens with one attached hydrogen (secondary N) is 1. The second kappa shape index (κ2) is 14.3. The maximum atomic E-state index is 13.1. The van der Waals surface area contributed by atoms with Crippen molar-refractivity contribution >= 4 is 28.5 Å². The van der Waals surface area contributed by atoms with Gasteiger partial charge in [-0.15, -0.1) is 0 Å². The molecule has 1 aliphatic carbocycles. The van der Waals surface area contributed by atoms with Crippen LogP contribution in [0.25, 0.3) is 10.9 Å².